The monoisotopic (exact) mass is 458 g/mol. The van der Waals surface area contributed by atoms with Gasteiger partial charge in [-0.2, -0.15) is 0 Å². The molecule has 11 unspecified atom stereocenters. The third-order valence-electron chi connectivity index (χ3n) is 13.6. The molecular weight excluding hydrogens is 408 g/mol. The number of rotatable bonds is 1. The maximum absolute atomic E-state index is 11.9. The van der Waals surface area contributed by atoms with Crippen molar-refractivity contribution in [1.82, 2.24) is 0 Å². The van der Waals surface area contributed by atoms with Gasteiger partial charge in [-0.1, -0.05) is 53.2 Å². The predicted octanol–water partition coefficient (Wildman–Crippen LogP) is 6.11. The van der Waals surface area contributed by atoms with E-state index in [-0.39, 0.29) is 34.2 Å². The Balaban J connectivity index is 1.61. The summed E-state index contributed by atoms with van der Waals surface area (Å²) >= 11 is 0. The molecule has 188 valence electrons. The molecule has 33 heavy (non-hydrogen) atoms. The Morgan fingerprint density at radius 2 is 1.58 bits per heavy atom. The number of hydrogen-bond donors (Lipinski definition) is 3. The van der Waals surface area contributed by atoms with Crippen molar-refractivity contribution >= 4 is 0 Å². The second kappa shape index (κ2) is 7.10. The molecule has 0 bridgehead atoms. The van der Waals surface area contributed by atoms with E-state index in [1.54, 1.807) is 5.57 Å². The van der Waals surface area contributed by atoms with Gasteiger partial charge in [0.05, 0.1) is 18.3 Å². The largest absolute Gasteiger partial charge is 0.396 e. The highest BCUT2D eigenvalue weighted by molar-refractivity contribution is 5.35. The van der Waals surface area contributed by atoms with Gasteiger partial charge in [-0.15, -0.1) is 0 Å². The van der Waals surface area contributed by atoms with Crippen molar-refractivity contribution in [3.8, 4) is 0 Å². The molecule has 5 aliphatic rings. The Bertz CT molecular complexity index is 843. The Kier molecular flexibility index (Phi) is 5.23. The average Bonchev–Trinajstić information content (AvgIpc) is 2.75. The zero-order valence-corrected chi connectivity index (χ0v) is 22.4. The zero-order valence-electron chi connectivity index (χ0n) is 22.4. The van der Waals surface area contributed by atoms with Crippen LogP contribution in [-0.2, 0) is 0 Å². The molecule has 0 radical (unpaired) electrons. The maximum atomic E-state index is 11.9. The number of allylic oxidation sites excluding steroid dienone is 1. The molecule has 4 fully saturated rings. The van der Waals surface area contributed by atoms with Crippen molar-refractivity contribution in [1.29, 1.82) is 0 Å². The van der Waals surface area contributed by atoms with Crippen LogP contribution in [0.2, 0.25) is 0 Å². The molecule has 0 spiro atoms. The summed E-state index contributed by atoms with van der Waals surface area (Å²) in [6.45, 7) is 16.7. The van der Waals surface area contributed by atoms with Crippen LogP contribution in [0, 0.1) is 50.7 Å². The normalized spacial score (nSPS) is 60.7. The third-order valence-corrected chi connectivity index (χ3v) is 13.6. The molecule has 0 amide bonds. The third kappa shape index (κ3) is 2.80. The first-order valence-electron chi connectivity index (χ1n) is 13.9. The molecule has 11 atom stereocenters. The molecule has 0 aliphatic heterocycles. The van der Waals surface area contributed by atoms with Gasteiger partial charge in [0.25, 0.3) is 0 Å². The first-order chi connectivity index (χ1) is 15.2. The van der Waals surface area contributed by atoms with Crippen LogP contribution >= 0.6 is 0 Å². The Hall–Kier alpha value is -0.380. The SMILES string of the molecule is CC1CCC2(C)CCC3(C)C(=CCC4C5(C)CCC(O)C(C)(CO)C5CCC43C)C2C1(C)O. The highest BCUT2D eigenvalue weighted by Crippen LogP contribution is 2.75. The van der Waals surface area contributed by atoms with Crippen molar-refractivity contribution in [2.45, 2.75) is 118 Å². The predicted molar refractivity (Wildman–Crippen MR) is 134 cm³/mol. The fourth-order valence-electron chi connectivity index (χ4n) is 10.9. The van der Waals surface area contributed by atoms with Gasteiger partial charge in [0.1, 0.15) is 0 Å². The van der Waals surface area contributed by atoms with Crippen molar-refractivity contribution in [2.24, 2.45) is 50.7 Å². The standard InChI is InChI=1S/C30H50O3/c1-19-10-13-25(2)16-17-28(5)20(24(25)30(19,7)33)8-9-22-26(3)14-12-23(32)27(4,18-31)21(26)11-15-29(22,28)6/h8,19,21-24,31-33H,9-18H2,1-7H3. The second-order valence-corrected chi connectivity index (χ2v) is 14.8. The second-order valence-electron chi connectivity index (χ2n) is 14.8. The smallest absolute Gasteiger partial charge is 0.0715 e. The Morgan fingerprint density at radius 3 is 2.24 bits per heavy atom. The van der Waals surface area contributed by atoms with E-state index in [9.17, 15) is 15.3 Å². The molecule has 4 saturated carbocycles. The van der Waals surface area contributed by atoms with Gasteiger partial charge in [0.15, 0.2) is 0 Å². The van der Waals surface area contributed by atoms with E-state index in [4.69, 9.17) is 0 Å². The van der Waals surface area contributed by atoms with Gasteiger partial charge in [-0.05, 0) is 104 Å². The molecule has 3 heteroatoms. The number of aliphatic hydroxyl groups excluding tert-OH is 2. The van der Waals surface area contributed by atoms with Crippen LogP contribution in [0.15, 0.2) is 11.6 Å². The lowest BCUT2D eigenvalue weighted by atomic mass is 9.33. The molecule has 5 aliphatic carbocycles. The summed E-state index contributed by atoms with van der Waals surface area (Å²) in [5, 5.41) is 33.2. The highest BCUT2D eigenvalue weighted by Gasteiger charge is 2.69. The van der Waals surface area contributed by atoms with Gasteiger partial charge in [0, 0.05) is 11.3 Å². The topological polar surface area (TPSA) is 60.7 Å². The first-order valence-corrected chi connectivity index (χ1v) is 13.9. The van der Waals surface area contributed by atoms with E-state index in [1.807, 2.05) is 0 Å². The lowest BCUT2D eigenvalue weighted by Crippen LogP contribution is -2.67. The van der Waals surface area contributed by atoms with Crippen LogP contribution < -0.4 is 0 Å². The van der Waals surface area contributed by atoms with E-state index in [0.717, 1.165) is 38.5 Å². The summed E-state index contributed by atoms with van der Waals surface area (Å²) in [6.07, 6.45) is 12.2. The lowest BCUT2D eigenvalue weighted by molar-refractivity contribution is -0.222. The molecule has 0 aromatic rings. The van der Waals surface area contributed by atoms with Crippen molar-refractivity contribution < 1.29 is 15.3 Å². The van der Waals surface area contributed by atoms with Crippen molar-refractivity contribution in [2.75, 3.05) is 6.61 Å². The van der Waals surface area contributed by atoms with E-state index in [2.05, 4.69) is 54.5 Å². The number of hydrogen-bond acceptors (Lipinski definition) is 3. The van der Waals surface area contributed by atoms with Crippen LogP contribution in [0.25, 0.3) is 0 Å². The molecule has 0 saturated heterocycles. The minimum absolute atomic E-state index is 0.0808. The number of aliphatic hydroxyl groups is 3. The summed E-state index contributed by atoms with van der Waals surface area (Å²) in [5.41, 5.74) is 1.19. The summed E-state index contributed by atoms with van der Waals surface area (Å²) in [7, 11) is 0. The molecule has 0 heterocycles. The maximum Gasteiger partial charge on any atom is 0.0715 e. The Morgan fingerprint density at radius 1 is 0.879 bits per heavy atom. The fraction of sp³-hybridized carbons (Fsp3) is 0.933. The van der Waals surface area contributed by atoms with Crippen LogP contribution in [0.3, 0.4) is 0 Å². The average molecular weight is 459 g/mol. The highest BCUT2D eigenvalue weighted by atomic mass is 16.3. The van der Waals surface area contributed by atoms with Crippen LogP contribution in [0.1, 0.15) is 106 Å². The van der Waals surface area contributed by atoms with Gasteiger partial charge in [-0.25, -0.2) is 0 Å². The van der Waals surface area contributed by atoms with Gasteiger partial charge < -0.3 is 15.3 Å². The van der Waals surface area contributed by atoms with Gasteiger partial charge in [-0.3, -0.25) is 0 Å². The van der Waals surface area contributed by atoms with Gasteiger partial charge >= 0.3 is 0 Å². The van der Waals surface area contributed by atoms with Crippen LogP contribution in [0.5, 0.6) is 0 Å². The van der Waals surface area contributed by atoms with Crippen LogP contribution in [0.4, 0.5) is 0 Å². The summed E-state index contributed by atoms with van der Waals surface area (Å²) in [6, 6.07) is 0. The van der Waals surface area contributed by atoms with Gasteiger partial charge in [0.2, 0.25) is 0 Å². The van der Waals surface area contributed by atoms with E-state index in [0.29, 0.717) is 17.8 Å². The van der Waals surface area contributed by atoms with E-state index in [1.165, 1.54) is 19.3 Å². The van der Waals surface area contributed by atoms with E-state index < -0.39 is 17.1 Å². The lowest BCUT2D eigenvalue weighted by Gasteiger charge is -2.72. The summed E-state index contributed by atoms with van der Waals surface area (Å²) < 4.78 is 0. The van der Waals surface area contributed by atoms with Crippen molar-refractivity contribution in [3.05, 3.63) is 11.6 Å². The number of fused-ring (bicyclic) bond motifs is 7. The Labute approximate surface area is 202 Å². The molecular formula is C30H50O3. The van der Waals surface area contributed by atoms with Crippen molar-refractivity contribution in [3.63, 3.8) is 0 Å². The minimum Gasteiger partial charge on any atom is -0.396 e. The minimum atomic E-state index is -0.644. The quantitative estimate of drug-likeness (QED) is 0.415. The molecule has 3 nitrogen and oxygen atoms in total. The summed E-state index contributed by atoms with van der Waals surface area (Å²) in [4.78, 5) is 0. The molecule has 5 rings (SSSR count). The van der Waals surface area contributed by atoms with E-state index >= 15 is 0 Å². The summed E-state index contributed by atoms with van der Waals surface area (Å²) in [5.74, 6) is 1.52. The molecule has 3 N–H and O–H groups in total. The molecule has 0 aromatic heterocycles. The first kappa shape index (κ1) is 24.3. The van der Waals surface area contributed by atoms with Crippen LogP contribution in [-0.4, -0.2) is 33.6 Å². The fourth-order valence-corrected chi connectivity index (χ4v) is 10.9. The molecule has 0 aromatic carbocycles. The zero-order chi connectivity index (χ0) is 24.2.